The third-order valence-electron chi connectivity index (χ3n) is 2.88. The van der Waals surface area contributed by atoms with Crippen LogP contribution in [-0.2, 0) is 15.8 Å². The molecule has 0 spiro atoms. The number of nitrogen functional groups attached to an aromatic ring is 1. The highest BCUT2D eigenvalue weighted by Crippen LogP contribution is 2.12. The molecule has 0 saturated carbocycles. The summed E-state index contributed by atoms with van der Waals surface area (Å²) in [4.78, 5) is 0. The highest BCUT2D eigenvalue weighted by Gasteiger charge is 2.19. The number of anilines is 1. The Balaban J connectivity index is 2.76. The van der Waals surface area contributed by atoms with E-state index in [9.17, 15) is 8.42 Å². The van der Waals surface area contributed by atoms with Crippen LogP contribution in [0.25, 0.3) is 0 Å². The molecule has 0 aromatic heterocycles. The number of hydrogen-bond donors (Lipinski definition) is 2. The van der Waals surface area contributed by atoms with Crippen LogP contribution in [0.5, 0.6) is 0 Å². The lowest BCUT2D eigenvalue weighted by atomic mass is 10.0. The van der Waals surface area contributed by atoms with Gasteiger partial charge in [-0.25, -0.2) is 13.1 Å². The van der Waals surface area contributed by atoms with Gasteiger partial charge in [0, 0.05) is 11.7 Å². The summed E-state index contributed by atoms with van der Waals surface area (Å²) in [6.45, 7) is 6.00. The fourth-order valence-electron chi connectivity index (χ4n) is 1.87. The van der Waals surface area contributed by atoms with Crippen molar-refractivity contribution in [3.63, 3.8) is 0 Å². The van der Waals surface area contributed by atoms with Crippen molar-refractivity contribution in [3.05, 3.63) is 29.8 Å². The standard InChI is InChI=1S/C13H22N2O2S/c1-4-13(10(2)3)15-18(16,17)9-11-6-5-7-12(14)8-11/h5-8,10,13,15H,4,9,14H2,1-3H3. The van der Waals surface area contributed by atoms with Crippen LogP contribution in [0.2, 0.25) is 0 Å². The Morgan fingerprint density at radius 3 is 2.50 bits per heavy atom. The van der Waals surface area contributed by atoms with E-state index >= 15 is 0 Å². The number of benzene rings is 1. The van der Waals surface area contributed by atoms with E-state index in [2.05, 4.69) is 4.72 Å². The first-order valence-electron chi connectivity index (χ1n) is 6.18. The van der Waals surface area contributed by atoms with Crippen LogP contribution in [0.3, 0.4) is 0 Å². The third kappa shape index (κ3) is 4.66. The van der Waals surface area contributed by atoms with E-state index in [1.807, 2.05) is 20.8 Å². The summed E-state index contributed by atoms with van der Waals surface area (Å²) in [5.74, 6) is 0.256. The number of sulfonamides is 1. The molecule has 0 aliphatic heterocycles. The van der Waals surface area contributed by atoms with E-state index in [0.29, 0.717) is 11.3 Å². The first-order valence-corrected chi connectivity index (χ1v) is 7.83. The molecular weight excluding hydrogens is 248 g/mol. The topological polar surface area (TPSA) is 72.2 Å². The van der Waals surface area contributed by atoms with Crippen LogP contribution in [-0.4, -0.2) is 14.5 Å². The van der Waals surface area contributed by atoms with Crippen molar-refractivity contribution in [3.8, 4) is 0 Å². The van der Waals surface area contributed by atoms with Gasteiger partial charge < -0.3 is 5.73 Å². The summed E-state index contributed by atoms with van der Waals surface area (Å²) in [5, 5.41) is 0. The van der Waals surface area contributed by atoms with E-state index in [1.165, 1.54) is 0 Å². The zero-order valence-electron chi connectivity index (χ0n) is 11.2. The molecular formula is C13H22N2O2S. The second-order valence-corrected chi connectivity index (χ2v) is 6.63. The molecule has 18 heavy (non-hydrogen) atoms. The minimum atomic E-state index is -3.31. The number of nitrogens with one attached hydrogen (secondary N) is 1. The smallest absolute Gasteiger partial charge is 0.216 e. The van der Waals surface area contributed by atoms with Gasteiger partial charge in [-0.05, 0) is 30.0 Å². The van der Waals surface area contributed by atoms with Crippen molar-refractivity contribution in [2.45, 2.75) is 39.0 Å². The quantitative estimate of drug-likeness (QED) is 0.778. The molecule has 5 heteroatoms. The van der Waals surface area contributed by atoms with Gasteiger partial charge in [0.2, 0.25) is 10.0 Å². The Morgan fingerprint density at radius 1 is 1.33 bits per heavy atom. The van der Waals surface area contributed by atoms with Crippen molar-refractivity contribution >= 4 is 15.7 Å². The van der Waals surface area contributed by atoms with Crippen molar-refractivity contribution < 1.29 is 8.42 Å². The minimum Gasteiger partial charge on any atom is -0.399 e. The lowest BCUT2D eigenvalue weighted by molar-refractivity contribution is 0.437. The zero-order chi connectivity index (χ0) is 13.8. The van der Waals surface area contributed by atoms with Crippen molar-refractivity contribution in [2.24, 2.45) is 5.92 Å². The maximum absolute atomic E-state index is 12.0. The predicted molar refractivity (Wildman–Crippen MR) is 75.5 cm³/mol. The minimum absolute atomic E-state index is 0.0175. The van der Waals surface area contributed by atoms with E-state index in [0.717, 1.165) is 6.42 Å². The Kier molecular flexibility index (Phi) is 5.16. The van der Waals surface area contributed by atoms with Crippen LogP contribution < -0.4 is 10.5 Å². The molecule has 0 fully saturated rings. The van der Waals surface area contributed by atoms with Gasteiger partial charge in [0.1, 0.15) is 0 Å². The highest BCUT2D eigenvalue weighted by atomic mass is 32.2. The van der Waals surface area contributed by atoms with Crippen LogP contribution in [0.1, 0.15) is 32.8 Å². The fraction of sp³-hybridized carbons (Fsp3) is 0.538. The number of nitrogens with two attached hydrogens (primary N) is 1. The van der Waals surface area contributed by atoms with Crippen molar-refractivity contribution in [2.75, 3.05) is 5.73 Å². The molecule has 1 unspecified atom stereocenters. The van der Waals surface area contributed by atoms with Crippen LogP contribution in [0, 0.1) is 5.92 Å². The van der Waals surface area contributed by atoms with E-state index in [1.54, 1.807) is 24.3 Å². The number of hydrogen-bond acceptors (Lipinski definition) is 3. The summed E-state index contributed by atoms with van der Waals surface area (Å²) in [7, 11) is -3.31. The van der Waals surface area contributed by atoms with Crippen LogP contribution in [0.4, 0.5) is 5.69 Å². The lowest BCUT2D eigenvalue weighted by Gasteiger charge is -2.20. The molecule has 3 N–H and O–H groups in total. The Hall–Kier alpha value is -1.07. The van der Waals surface area contributed by atoms with Gasteiger partial charge in [0.05, 0.1) is 5.75 Å². The second-order valence-electron chi connectivity index (χ2n) is 4.88. The molecule has 0 saturated heterocycles. The van der Waals surface area contributed by atoms with Gasteiger partial charge in [-0.15, -0.1) is 0 Å². The third-order valence-corrected chi connectivity index (χ3v) is 4.26. The molecule has 0 amide bonds. The lowest BCUT2D eigenvalue weighted by Crippen LogP contribution is -2.38. The molecule has 0 radical (unpaired) electrons. The first-order chi connectivity index (χ1) is 8.34. The average Bonchev–Trinajstić information content (AvgIpc) is 2.25. The summed E-state index contributed by atoms with van der Waals surface area (Å²) in [5.41, 5.74) is 6.93. The molecule has 0 bridgehead atoms. The van der Waals surface area contributed by atoms with Crippen molar-refractivity contribution in [1.82, 2.24) is 4.72 Å². The molecule has 0 heterocycles. The van der Waals surface area contributed by atoms with E-state index in [4.69, 9.17) is 5.73 Å². The molecule has 0 aliphatic carbocycles. The van der Waals surface area contributed by atoms with Gasteiger partial charge in [-0.2, -0.15) is 0 Å². The molecule has 102 valence electrons. The number of rotatable bonds is 6. The first kappa shape index (κ1) is 15.0. The Bertz CT molecular complexity index is 484. The Morgan fingerprint density at radius 2 is 2.00 bits per heavy atom. The molecule has 1 aromatic rings. The van der Waals surface area contributed by atoms with Gasteiger partial charge in [-0.1, -0.05) is 32.9 Å². The van der Waals surface area contributed by atoms with E-state index < -0.39 is 10.0 Å². The molecule has 1 atom stereocenters. The summed E-state index contributed by atoms with van der Waals surface area (Å²) < 4.78 is 26.8. The predicted octanol–water partition coefficient (Wildman–Crippen LogP) is 2.12. The van der Waals surface area contributed by atoms with Crippen molar-refractivity contribution in [1.29, 1.82) is 0 Å². The van der Waals surface area contributed by atoms with Gasteiger partial charge in [0.25, 0.3) is 0 Å². The van der Waals surface area contributed by atoms with E-state index in [-0.39, 0.29) is 17.7 Å². The molecule has 0 aliphatic rings. The zero-order valence-corrected chi connectivity index (χ0v) is 12.0. The maximum Gasteiger partial charge on any atom is 0.216 e. The average molecular weight is 270 g/mol. The van der Waals surface area contributed by atoms with Crippen LogP contribution in [0.15, 0.2) is 24.3 Å². The van der Waals surface area contributed by atoms with Gasteiger partial charge in [0.15, 0.2) is 0 Å². The van der Waals surface area contributed by atoms with Crippen LogP contribution >= 0.6 is 0 Å². The summed E-state index contributed by atoms with van der Waals surface area (Å²) in [6.07, 6.45) is 0.786. The largest absolute Gasteiger partial charge is 0.399 e. The normalized spacial score (nSPS) is 13.8. The summed E-state index contributed by atoms with van der Waals surface area (Å²) in [6, 6.07) is 6.95. The molecule has 4 nitrogen and oxygen atoms in total. The van der Waals surface area contributed by atoms with Gasteiger partial charge >= 0.3 is 0 Å². The highest BCUT2D eigenvalue weighted by molar-refractivity contribution is 7.88. The molecule has 1 aromatic carbocycles. The fourth-order valence-corrected chi connectivity index (χ4v) is 3.47. The molecule has 1 rings (SSSR count). The monoisotopic (exact) mass is 270 g/mol. The Labute approximate surface area is 110 Å². The second kappa shape index (κ2) is 6.20. The SMILES string of the molecule is CCC(NS(=O)(=O)Cc1cccc(N)c1)C(C)C. The summed E-state index contributed by atoms with van der Waals surface area (Å²) >= 11 is 0. The maximum atomic E-state index is 12.0. The van der Waals surface area contributed by atoms with Gasteiger partial charge in [-0.3, -0.25) is 0 Å².